The number of nitrogens with zero attached hydrogens (tertiary/aromatic N) is 3. The van der Waals surface area contributed by atoms with Crippen LogP contribution in [0.5, 0.6) is 0 Å². The van der Waals surface area contributed by atoms with Gasteiger partial charge in [0.2, 0.25) is 0 Å². The third kappa shape index (κ3) is 6.64. The summed E-state index contributed by atoms with van der Waals surface area (Å²) in [4.78, 5) is 9.51. The van der Waals surface area contributed by atoms with Gasteiger partial charge < -0.3 is 0 Å². The van der Waals surface area contributed by atoms with Gasteiger partial charge >= 0.3 is 0 Å². The Morgan fingerprint density at radius 3 is 2.28 bits per heavy atom. The van der Waals surface area contributed by atoms with Crippen LogP contribution in [0.25, 0.3) is 11.1 Å². The van der Waals surface area contributed by atoms with E-state index < -0.39 is 0 Å². The summed E-state index contributed by atoms with van der Waals surface area (Å²) < 4.78 is 0. The first-order valence-electron chi connectivity index (χ1n) is 13.0. The van der Waals surface area contributed by atoms with Crippen LogP contribution in [0.1, 0.15) is 114 Å². The van der Waals surface area contributed by atoms with Crippen LogP contribution in [0.3, 0.4) is 0 Å². The third-order valence-electron chi connectivity index (χ3n) is 7.51. The smallest absolute Gasteiger partial charge is 0.131 e. The van der Waals surface area contributed by atoms with E-state index in [0.717, 1.165) is 46.8 Å². The van der Waals surface area contributed by atoms with E-state index in [-0.39, 0.29) is 0 Å². The van der Waals surface area contributed by atoms with Gasteiger partial charge in [-0.15, -0.1) is 0 Å². The quantitative estimate of drug-likeness (QED) is 0.337. The Morgan fingerprint density at radius 1 is 0.938 bits per heavy atom. The van der Waals surface area contributed by atoms with Gasteiger partial charge in [-0.2, -0.15) is 5.26 Å². The van der Waals surface area contributed by atoms with Crippen molar-refractivity contribution in [2.24, 2.45) is 11.8 Å². The van der Waals surface area contributed by atoms with Gasteiger partial charge in [0.1, 0.15) is 5.82 Å². The van der Waals surface area contributed by atoms with Crippen molar-refractivity contribution in [3.63, 3.8) is 0 Å². The molecule has 0 amide bonds. The van der Waals surface area contributed by atoms with Gasteiger partial charge in [-0.3, -0.25) is 0 Å². The zero-order valence-corrected chi connectivity index (χ0v) is 20.4. The molecule has 0 saturated heterocycles. The molecule has 172 valence electrons. The molecule has 1 aliphatic rings. The monoisotopic (exact) mass is 431 g/mol. The number of unbranched alkanes of at least 4 members (excludes halogenated alkanes) is 4. The molecule has 1 aliphatic carbocycles. The van der Waals surface area contributed by atoms with Crippen molar-refractivity contribution in [2.45, 2.75) is 104 Å². The molecule has 1 heterocycles. The molecule has 3 heteroatoms. The average Bonchev–Trinajstić information content (AvgIpc) is 2.84. The van der Waals surface area contributed by atoms with Crippen LogP contribution in [0.2, 0.25) is 0 Å². The van der Waals surface area contributed by atoms with Crippen LogP contribution in [-0.2, 0) is 6.42 Å². The molecule has 3 rings (SSSR count). The van der Waals surface area contributed by atoms with Crippen LogP contribution < -0.4 is 0 Å². The minimum absolute atomic E-state index is 0.413. The minimum atomic E-state index is 0.413. The lowest BCUT2D eigenvalue weighted by atomic mass is 9.74. The molecule has 0 bridgehead atoms. The fourth-order valence-corrected chi connectivity index (χ4v) is 5.24. The molecule has 0 N–H and O–H groups in total. The molecule has 1 fully saturated rings. The highest BCUT2D eigenvalue weighted by molar-refractivity contribution is 5.64. The van der Waals surface area contributed by atoms with Gasteiger partial charge in [0.15, 0.2) is 0 Å². The third-order valence-corrected chi connectivity index (χ3v) is 7.51. The zero-order chi connectivity index (χ0) is 22.8. The predicted octanol–water partition coefficient (Wildman–Crippen LogP) is 8.24. The summed E-state index contributed by atoms with van der Waals surface area (Å²) in [6, 6.07) is 8.61. The number of hydrogen-bond donors (Lipinski definition) is 0. The molecule has 1 aromatic heterocycles. The molecule has 1 saturated carbocycles. The Morgan fingerprint density at radius 2 is 1.62 bits per heavy atom. The molecule has 3 nitrogen and oxygen atoms in total. The maximum absolute atomic E-state index is 9.61. The summed E-state index contributed by atoms with van der Waals surface area (Å²) in [5.41, 5.74) is 3.97. The molecule has 2 aromatic rings. The van der Waals surface area contributed by atoms with Crippen LogP contribution in [0.15, 0.2) is 30.6 Å². The standard InChI is InChI=1S/C29H41N3/c1-4-6-8-10-23-12-14-24(15-13-23)22(3)29-31-20-28(21-32-29)26-17-16-25(11-9-7-5-2)27(18-26)19-30/h16-18,20-24H,4-15H2,1-3H3. The van der Waals surface area contributed by atoms with E-state index in [9.17, 15) is 5.26 Å². The second-order valence-corrected chi connectivity index (χ2v) is 9.84. The van der Waals surface area contributed by atoms with E-state index >= 15 is 0 Å². The molecular weight excluding hydrogens is 390 g/mol. The van der Waals surface area contributed by atoms with E-state index in [1.54, 1.807) is 0 Å². The molecule has 0 spiro atoms. The van der Waals surface area contributed by atoms with Gasteiger partial charge in [0, 0.05) is 23.9 Å². The highest BCUT2D eigenvalue weighted by Crippen LogP contribution is 2.38. The Bertz CT molecular complexity index is 857. The number of benzene rings is 1. The average molecular weight is 432 g/mol. The number of hydrogen-bond acceptors (Lipinski definition) is 3. The minimum Gasteiger partial charge on any atom is -0.240 e. The first kappa shape index (κ1) is 24.4. The van der Waals surface area contributed by atoms with Crippen LogP contribution in [0.4, 0.5) is 0 Å². The van der Waals surface area contributed by atoms with E-state index in [1.807, 2.05) is 18.5 Å². The Balaban J connectivity index is 1.59. The molecule has 0 radical (unpaired) electrons. The lowest BCUT2D eigenvalue weighted by Crippen LogP contribution is -2.20. The van der Waals surface area contributed by atoms with Crippen LogP contribution in [0, 0.1) is 23.2 Å². The highest BCUT2D eigenvalue weighted by Gasteiger charge is 2.27. The maximum atomic E-state index is 9.61. The van der Waals surface area contributed by atoms with E-state index in [4.69, 9.17) is 9.97 Å². The van der Waals surface area contributed by atoms with Crippen molar-refractivity contribution in [2.75, 3.05) is 0 Å². The Labute approximate surface area is 195 Å². The summed E-state index contributed by atoms with van der Waals surface area (Å²) in [5, 5.41) is 9.61. The summed E-state index contributed by atoms with van der Waals surface area (Å²) in [6.45, 7) is 6.80. The highest BCUT2D eigenvalue weighted by atomic mass is 14.9. The van der Waals surface area contributed by atoms with Gasteiger partial charge in [0.05, 0.1) is 11.6 Å². The zero-order valence-electron chi connectivity index (χ0n) is 20.4. The van der Waals surface area contributed by atoms with Crippen molar-refractivity contribution >= 4 is 0 Å². The topological polar surface area (TPSA) is 49.6 Å². The first-order valence-corrected chi connectivity index (χ1v) is 13.0. The van der Waals surface area contributed by atoms with Crippen molar-refractivity contribution < 1.29 is 0 Å². The maximum Gasteiger partial charge on any atom is 0.131 e. The summed E-state index contributed by atoms with van der Waals surface area (Å²) >= 11 is 0. The SMILES string of the molecule is CCCCCc1ccc(-c2cnc(C(C)C3CCC(CCCCC)CC3)nc2)cc1C#N. The van der Waals surface area contributed by atoms with Gasteiger partial charge in [-0.25, -0.2) is 9.97 Å². The second-order valence-electron chi connectivity index (χ2n) is 9.84. The Hall–Kier alpha value is -2.21. The van der Waals surface area contributed by atoms with Crippen molar-refractivity contribution in [3.05, 3.63) is 47.5 Å². The summed E-state index contributed by atoms with van der Waals surface area (Å²) in [6.07, 6.45) is 19.3. The lowest BCUT2D eigenvalue weighted by Gasteiger charge is -2.31. The molecule has 0 aliphatic heterocycles. The first-order chi connectivity index (χ1) is 15.7. The fourth-order valence-electron chi connectivity index (χ4n) is 5.24. The number of nitriles is 1. The molecule has 32 heavy (non-hydrogen) atoms. The molecular formula is C29H41N3. The molecule has 1 aromatic carbocycles. The van der Waals surface area contributed by atoms with Crippen molar-refractivity contribution in [1.82, 2.24) is 9.97 Å². The predicted molar refractivity (Wildman–Crippen MR) is 133 cm³/mol. The van der Waals surface area contributed by atoms with Crippen LogP contribution >= 0.6 is 0 Å². The Kier molecular flexibility index (Phi) is 9.72. The van der Waals surface area contributed by atoms with Crippen molar-refractivity contribution in [1.29, 1.82) is 5.26 Å². The molecule has 1 unspecified atom stereocenters. The van der Waals surface area contributed by atoms with Crippen LogP contribution in [-0.4, -0.2) is 9.97 Å². The van der Waals surface area contributed by atoms with Gasteiger partial charge in [0.25, 0.3) is 0 Å². The van der Waals surface area contributed by atoms with Crippen molar-refractivity contribution in [3.8, 4) is 17.2 Å². The van der Waals surface area contributed by atoms with Gasteiger partial charge in [-0.1, -0.05) is 84.3 Å². The van der Waals surface area contributed by atoms with E-state index in [0.29, 0.717) is 11.8 Å². The normalized spacial score (nSPS) is 19.4. The number of aryl methyl sites for hydroxylation is 1. The number of aromatic nitrogens is 2. The number of rotatable bonds is 11. The van der Waals surface area contributed by atoms with Gasteiger partial charge in [-0.05, 0) is 54.7 Å². The lowest BCUT2D eigenvalue weighted by molar-refractivity contribution is 0.232. The van der Waals surface area contributed by atoms with E-state index in [2.05, 4.69) is 39.0 Å². The fraction of sp³-hybridized carbons (Fsp3) is 0.621. The summed E-state index contributed by atoms with van der Waals surface area (Å²) in [5.74, 6) is 3.03. The molecule has 1 atom stereocenters. The summed E-state index contributed by atoms with van der Waals surface area (Å²) in [7, 11) is 0. The largest absolute Gasteiger partial charge is 0.240 e. The second kappa shape index (κ2) is 12.7. The van der Waals surface area contributed by atoms with E-state index in [1.165, 1.54) is 64.2 Å².